The number of benzene rings is 1. The fraction of sp³-hybridized carbons (Fsp3) is 0.600. The second-order valence-electron chi connectivity index (χ2n) is 4.90. The highest BCUT2D eigenvalue weighted by atomic mass is 19.4. The first-order valence-corrected chi connectivity index (χ1v) is 6.97. The van der Waals surface area contributed by atoms with Crippen LogP contribution in [0.3, 0.4) is 0 Å². The molecule has 1 rings (SSSR count). The Morgan fingerprint density at radius 3 is 2.50 bits per heavy atom. The van der Waals surface area contributed by atoms with Crippen LogP contribution >= 0.6 is 0 Å². The van der Waals surface area contributed by atoms with Gasteiger partial charge in [-0.15, -0.1) is 0 Å². The third-order valence-electron chi connectivity index (χ3n) is 3.13. The lowest BCUT2D eigenvalue weighted by molar-refractivity contribution is -0.139. The Bertz CT molecular complexity index is 418. The van der Waals surface area contributed by atoms with Gasteiger partial charge in [0.2, 0.25) is 0 Å². The minimum atomic E-state index is -4.41. The molecule has 1 aromatic rings. The second kappa shape index (κ2) is 7.53. The summed E-state index contributed by atoms with van der Waals surface area (Å²) in [5.41, 5.74) is 5.67. The second-order valence-corrected chi connectivity index (χ2v) is 4.90. The monoisotopic (exact) mass is 289 g/mol. The van der Waals surface area contributed by atoms with E-state index >= 15 is 0 Å². The van der Waals surface area contributed by atoms with Crippen LogP contribution in [0, 0.1) is 0 Å². The predicted octanol–water partition coefficient (Wildman–Crippen LogP) is 4.16. The van der Waals surface area contributed by atoms with Gasteiger partial charge >= 0.3 is 6.18 Å². The topological polar surface area (TPSA) is 35.2 Å². The normalized spacial score (nSPS) is 13.3. The largest absolute Gasteiger partial charge is 0.493 e. The molecule has 0 spiro atoms. The number of rotatable bonds is 7. The van der Waals surface area contributed by atoms with Gasteiger partial charge in [0.1, 0.15) is 5.75 Å². The molecule has 20 heavy (non-hydrogen) atoms. The Morgan fingerprint density at radius 1 is 1.25 bits per heavy atom. The average Bonchev–Trinajstić information content (AvgIpc) is 2.39. The van der Waals surface area contributed by atoms with E-state index < -0.39 is 11.7 Å². The Hall–Kier alpha value is -1.23. The molecule has 0 aliphatic carbocycles. The Kier molecular flexibility index (Phi) is 6.33. The summed E-state index contributed by atoms with van der Waals surface area (Å²) in [4.78, 5) is 0. The minimum absolute atomic E-state index is 0.0974. The van der Waals surface area contributed by atoms with E-state index in [0.717, 1.165) is 25.3 Å². The summed E-state index contributed by atoms with van der Waals surface area (Å²) >= 11 is 0. The maximum Gasteiger partial charge on any atom is 0.419 e. The van der Waals surface area contributed by atoms with Crippen LogP contribution in [0.15, 0.2) is 18.2 Å². The van der Waals surface area contributed by atoms with Gasteiger partial charge in [-0.25, -0.2) is 0 Å². The first-order valence-electron chi connectivity index (χ1n) is 6.97. The van der Waals surface area contributed by atoms with Gasteiger partial charge < -0.3 is 10.5 Å². The number of unbranched alkanes of at least 4 members (excludes halogenated alkanes) is 1. The highest BCUT2D eigenvalue weighted by Crippen LogP contribution is 2.37. The molecule has 0 aromatic heterocycles. The molecule has 114 valence electrons. The van der Waals surface area contributed by atoms with Gasteiger partial charge in [0.15, 0.2) is 0 Å². The van der Waals surface area contributed by atoms with Crippen LogP contribution in [0.5, 0.6) is 5.75 Å². The van der Waals surface area contributed by atoms with E-state index in [0.29, 0.717) is 18.6 Å². The lowest BCUT2D eigenvalue weighted by Crippen LogP contribution is -2.21. The summed E-state index contributed by atoms with van der Waals surface area (Å²) in [6.45, 7) is 4.17. The van der Waals surface area contributed by atoms with Crippen LogP contribution in [0.2, 0.25) is 0 Å². The zero-order valence-corrected chi connectivity index (χ0v) is 12.0. The molecule has 0 bridgehead atoms. The van der Waals surface area contributed by atoms with E-state index in [1.165, 1.54) is 6.07 Å². The number of alkyl halides is 3. The summed E-state index contributed by atoms with van der Waals surface area (Å²) in [5.74, 6) is -0.0974. The molecule has 5 heteroatoms. The van der Waals surface area contributed by atoms with E-state index in [9.17, 15) is 13.2 Å². The van der Waals surface area contributed by atoms with Crippen molar-refractivity contribution in [2.24, 2.45) is 5.73 Å². The van der Waals surface area contributed by atoms with Crippen molar-refractivity contribution in [3.63, 3.8) is 0 Å². The van der Waals surface area contributed by atoms with Gasteiger partial charge in [-0.05, 0) is 37.0 Å². The van der Waals surface area contributed by atoms with Crippen LogP contribution in [-0.4, -0.2) is 12.6 Å². The van der Waals surface area contributed by atoms with Crippen LogP contribution in [-0.2, 0) is 12.6 Å². The molecule has 0 amide bonds. The lowest BCUT2D eigenvalue weighted by Gasteiger charge is -2.16. The molecular formula is C15H22F3NO. The molecule has 0 aliphatic rings. The fourth-order valence-corrected chi connectivity index (χ4v) is 1.83. The zero-order valence-electron chi connectivity index (χ0n) is 12.0. The van der Waals surface area contributed by atoms with Crippen LogP contribution in [0.1, 0.15) is 44.2 Å². The number of ether oxygens (including phenoxy) is 1. The van der Waals surface area contributed by atoms with Crippen molar-refractivity contribution in [1.29, 1.82) is 0 Å². The van der Waals surface area contributed by atoms with Crippen molar-refractivity contribution in [3.8, 4) is 5.75 Å². The Balaban J connectivity index is 2.95. The van der Waals surface area contributed by atoms with Crippen molar-refractivity contribution >= 4 is 0 Å². The maximum atomic E-state index is 13.0. The maximum absolute atomic E-state index is 13.0. The first-order chi connectivity index (χ1) is 9.38. The smallest absolute Gasteiger partial charge is 0.419 e. The molecule has 0 fully saturated rings. The highest BCUT2D eigenvalue weighted by molar-refractivity contribution is 5.39. The summed E-state index contributed by atoms with van der Waals surface area (Å²) in [6, 6.07) is 4.09. The number of hydrogen-bond acceptors (Lipinski definition) is 2. The molecule has 1 unspecified atom stereocenters. The molecule has 0 radical (unpaired) electrons. The molecule has 1 aromatic carbocycles. The zero-order chi connectivity index (χ0) is 15.2. The van der Waals surface area contributed by atoms with Crippen molar-refractivity contribution in [3.05, 3.63) is 29.3 Å². The van der Waals surface area contributed by atoms with Gasteiger partial charge in [0.05, 0.1) is 12.2 Å². The SMILES string of the molecule is CCCCOc1ccc(CC(N)CC)cc1C(F)(F)F. The molecule has 2 nitrogen and oxygen atoms in total. The Morgan fingerprint density at radius 2 is 1.95 bits per heavy atom. The summed E-state index contributed by atoms with van der Waals surface area (Å²) < 4.78 is 44.4. The molecular weight excluding hydrogens is 267 g/mol. The van der Waals surface area contributed by atoms with E-state index in [1.54, 1.807) is 6.07 Å². The van der Waals surface area contributed by atoms with Crippen LogP contribution in [0.25, 0.3) is 0 Å². The van der Waals surface area contributed by atoms with E-state index in [1.807, 2.05) is 13.8 Å². The van der Waals surface area contributed by atoms with E-state index in [2.05, 4.69) is 0 Å². The lowest BCUT2D eigenvalue weighted by atomic mass is 10.0. The van der Waals surface area contributed by atoms with Gasteiger partial charge in [-0.3, -0.25) is 0 Å². The van der Waals surface area contributed by atoms with Crippen molar-refractivity contribution in [1.82, 2.24) is 0 Å². The summed E-state index contributed by atoms with van der Waals surface area (Å²) in [6.07, 6.45) is -1.62. The molecule has 1 atom stereocenters. The summed E-state index contributed by atoms with van der Waals surface area (Å²) in [5, 5.41) is 0. The molecule has 0 saturated heterocycles. The average molecular weight is 289 g/mol. The molecule has 2 N–H and O–H groups in total. The molecule has 0 heterocycles. The third-order valence-corrected chi connectivity index (χ3v) is 3.13. The van der Waals surface area contributed by atoms with E-state index in [-0.39, 0.29) is 11.8 Å². The standard InChI is InChI=1S/C15H22F3NO/c1-3-5-8-20-14-7-6-11(9-12(19)4-2)10-13(14)15(16,17)18/h6-7,10,12H,3-5,8-9,19H2,1-2H3. The number of hydrogen-bond donors (Lipinski definition) is 1. The van der Waals surface area contributed by atoms with E-state index in [4.69, 9.17) is 10.5 Å². The quantitative estimate of drug-likeness (QED) is 0.765. The first kappa shape index (κ1) is 16.8. The van der Waals surface area contributed by atoms with Gasteiger partial charge in [-0.1, -0.05) is 26.3 Å². The number of halogens is 3. The predicted molar refractivity (Wildman–Crippen MR) is 73.8 cm³/mol. The minimum Gasteiger partial charge on any atom is -0.493 e. The molecule has 0 aliphatic heterocycles. The van der Waals surface area contributed by atoms with Crippen LogP contribution < -0.4 is 10.5 Å². The van der Waals surface area contributed by atoms with Gasteiger partial charge in [-0.2, -0.15) is 13.2 Å². The third kappa shape index (κ3) is 5.04. The van der Waals surface area contributed by atoms with Gasteiger partial charge in [0.25, 0.3) is 0 Å². The summed E-state index contributed by atoms with van der Waals surface area (Å²) in [7, 11) is 0. The Labute approximate surface area is 118 Å². The molecule has 0 saturated carbocycles. The van der Waals surface area contributed by atoms with Crippen molar-refractivity contribution < 1.29 is 17.9 Å². The van der Waals surface area contributed by atoms with Crippen molar-refractivity contribution in [2.45, 2.75) is 51.7 Å². The van der Waals surface area contributed by atoms with Gasteiger partial charge in [0, 0.05) is 6.04 Å². The van der Waals surface area contributed by atoms with Crippen LogP contribution in [0.4, 0.5) is 13.2 Å². The fourth-order valence-electron chi connectivity index (χ4n) is 1.83. The number of nitrogens with two attached hydrogens (primary N) is 1. The highest BCUT2D eigenvalue weighted by Gasteiger charge is 2.34. The van der Waals surface area contributed by atoms with Crippen molar-refractivity contribution in [2.75, 3.05) is 6.61 Å².